The predicted octanol–water partition coefficient (Wildman–Crippen LogP) is 2.66. The number of nitriles is 1. The van der Waals surface area contributed by atoms with Gasteiger partial charge in [-0.1, -0.05) is 30.3 Å². The summed E-state index contributed by atoms with van der Waals surface area (Å²) in [6.45, 7) is 0.301. The van der Waals surface area contributed by atoms with Gasteiger partial charge in [-0.25, -0.2) is 0 Å². The van der Waals surface area contributed by atoms with Gasteiger partial charge in [-0.05, 0) is 12.5 Å². The lowest BCUT2D eigenvalue weighted by Gasteiger charge is -2.24. The average Bonchev–Trinajstić information content (AvgIpc) is 2.27. The highest BCUT2D eigenvalue weighted by Crippen LogP contribution is 2.17. The van der Waals surface area contributed by atoms with Gasteiger partial charge in [0.15, 0.2) is 0 Å². The largest absolute Gasteiger partial charge is 0.401 e. The summed E-state index contributed by atoms with van der Waals surface area (Å²) in [5.74, 6) is 0. The van der Waals surface area contributed by atoms with E-state index in [1.165, 1.54) is 6.92 Å². The summed E-state index contributed by atoms with van der Waals surface area (Å²) in [6, 6.07) is 10.8. The molecule has 2 nitrogen and oxygen atoms in total. The van der Waals surface area contributed by atoms with E-state index < -0.39 is 18.3 Å². The van der Waals surface area contributed by atoms with E-state index in [1.807, 2.05) is 12.1 Å². The van der Waals surface area contributed by atoms with E-state index >= 15 is 0 Å². The Balaban J connectivity index is 2.67. The molecule has 0 fully saturated rings. The lowest BCUT2D eigenvalue weighted by Crippen LogP contribution is -2.47. The Kier molecular flexibility index (Phi) is 4.13. The fourth-order valence-corrected chi connectivity index (χ4v) is 1.44. The maximum atomic E-state index is 12.1. The summed E-state index contributed by atoms with van der Waals surface area (Å²) >= 11 is 0. The molecule has 1 atom stereocenters. The van der Waals surface area contributed by atoms with Crippen molar-refractivity contribution in [3.63, 3.8) is 0 Å². The first-order valence-corrected chi connectivity index (χ1v) is 5.12. The highest BCUT2D eigenvalue weighted by molar-refractivity contribution is 5.21. The van der Waals surface area contributed by atoms with Gasteiger partial charge in [-0.15, -0.1) is 0 Å². The average molecular weight is 242 g/mol. The summed E-state index contributed by atoms with van der Waals surface area (Å²) in [5, 5.41) is 11.2. The fourth-order valence-electron chi connectivity index (χ4n) is 1.44. The van der Waals surface area contributed by atoms with Crippen LogP contribution in [0.15, 0.2) is 30.3 Å². The van der Waals surface area contributed by atoms with Crippen LogP contribution in [0.3, 0.4) is 0 Å². The molecule has 0 saturated heterocycles. The van der Waals surface area contributed by atoms with E-state index in [4.69, 9.17) is 5.26 Å². The first-order valence-electron chi connectivity index (χ1n) is 5.12. The van der Waals surface area contributed by atoms with Crippen LogP contribution >= 0.6 is 0 Å². The zero-order valence-electron chi connectivity index (χ0n) is 9.38. The van der Waals surface area contributed by atoms with Crippen LogP contribution < -0.4 is 5.32 Å². The zero-order valence-corrected chi connectivity index (χ0v) is 9.38. The van der Waals surface area contributed by atoms with E-state index in [9.17, 15) is 13.2 Å². The first-order chi connectivity index (χ1) is 7.85. The standard InChI is InChI=1S/C12H13F3N2/c1-11(8-16,17-9-12(13,14)15)7-10-5-3-2-4-6-10/h2-6,17H,7,9H2,1H3. The van der Waals surface area contributed by atoms with Gasteiger partial charge in [0.05, 0.1) is 12.6 Å². The monoisotopic (exact) mass is 242 g/mol. The summed E-state index contributed by atoms with van der Waals surface area (Å²) in [4.78, 5) is 0. The Morgan fingerprint density at radius 3 is 2.29 bits per heavy atom. The van der Waals surface area contributed by atoms with E-state index in [0.29, 0.717) is 0 Å². The van der Waals surface area contributed by atoms with Crippen molar-refractivity contribution in [3.8, 4) is 6.07 Å². The molecule has 0 aliphatic heterocycles. The van der Waals surface area contributed by atoms with Crippen molar-refractivity contribution >= 4 is 0 Å². The minimum Gasteiger partial charge on any atom is -0.291 e. The molecule has 0 spiro atoms. The molecule has 0 aromatic heterocycles. The van der Waals surface area contributed by atoms with Crippen LogP contribution in [0.5, 0.6) is 0 Å². The molecule has 1 aromatic carbocycles. The second-order valence-corrected chi connectivity index (χ2v) is 4.08. The van der Waals surface area contributed by atoms with Gasteiger partial charge in [-0.2, -0.15) is 18.4 Å². The lowest BCUT2D eigenvalue weighted by molar-refractivity contribution is -0.127. The summed E-state index contributed by atoms with van der Waals surface area (Å²) in [7, 11) is 0. The van der Waals surface area contributed by atoms with Crippen LogP contribution in [0, 0.1) is 11.3 Å². The number of hydrogen-bond donors (Lipinski definition) is 1. The van der Waals surface area contributed by atoms with E-state index in [1.54, 1.807) is 24.3 Å². The van der Waals surface area contributed by atoms with Crippen LogP contribution in [-0.4, -0.2) is 18.3 Å². The van der Waals surface area contributed by atoms with Gasteiger partial charge in [0.25, 0.3) is 0 Å². The lowest BCUT2D eigenvalue weighted by atomic mass is 9.94. The molecule has 0 aliphatic rings. The molecule has 1 unspecified atom stereocenters. The summed E-state index contributed by atoms with van der Waals surface area (Å²) in [5.41, 5.74) is -0.386. The number of benzene rings is 1. The van der Waals surface area contributed by atoms with E-state index in [-0.39, 0.29) is 6.42 Å². The molecule has 0 amide bonds. The Morgan fingerprint density at radius 1 is 1.24 bits per heavy atom. The van der Waals surface area contributed by atoms with E-state index in [2.05, 4.69) is 5.32 Å². The van der Waals surface area contributed by atoms with E-state index in [0.717, 1.165) is 5.56 Å². The molecular formula is C12H13F3N2. The molecule has 5 heteroatoms. The van der Waals surface area contributed by atoms with Crippen molar-refractivity contribution < 1.29 is 13.2 Å². The van der Waals surface area contributed by atoms with Crippen molar-refractivity contribution in [1.82, 2.24) is 5.32 Å². The van der Waals surface area contributed by atoms with Gasteiger partial charge in [-0.3, -0.25) is 5.32 Å². The van der Waals surface area contributed by atoms with Crippen molar-refractivity contribution in [1.29, 1.82) is 5.26 Å². The van der Waals surface area contributed by atoms with Gasteiger partial charge in [0.1, 0.15) is 5.54 Å². The Morgan fingerprint density at radius 2 is 1.82 bits per heavy atom. The van der Waals surface area contributed by atoms with Crippen LogP contribution in [0.4, 0.5) is 13.2 Å². The molecule has 1 N–H and O–H groups in total. The molecule has 1 rings (SSSR count). The normalized spacial score (nSPS) is 15.0. The number of rotatable bonds is 4. The van der Waals surface area contributed by atoms with Crippen molar-refractivity contribution in [2.24, 2.45) is 0 Å². The maximum absolute atomic E-state index is 12.1. The van der Waals surface area contributed by atoms with Crippen LogP contribution in [-0.2, 0) is 6.42 Å². The Labute approximate surface area is 98.1 Å². The predicted molar refractivity (Wildman–Crippen MR) is 58.2 cm³/mol. The summed E-state index contributed by atoms with van der Waals surface area (Å²) in [6.07, 6.45) is -4.07. The van der Waals surface area contributed by atoms with Crippen molar-refractivity contribution in [3.05, 3.63) is 35.9 Å². The zero-order chi connectivity index (χ0) is 12.9. The van der Waals surface area contributed by atoms with Gasteiger partial charge < -0.3 is 0 Å². The molecule has 0 saturated carbocycles. The minimum absolute atomic E-state index is 0.237. The third-order valence-corrected chi connectivity index (χ3v) is 2.33. The second-order valence-electron chi connectivity index (χ2n) is 4.08. The van der Waals surface area contributed by atoms with Crippen molar-refractivity contribution in [2.45, 2.75) is 25.1 Å². The number of nitrogens with zero attached hydrogens (tertiary/aromatic N) is 1. The highest BCUT2D eigenvalue weighted by atomic mass is 19.4. The number of halogens is 3. The SMILES string of the molecule is CC(C#N)(Cc1ccccc1)NCC(F)(F)F. The van der Waals surface area contributed by atoms with Crippen LogP contribution in [0.1, 0.15) is 12.5 Å². The fraction of sp³-hybridized carbons (Fsp3) is 0.417. The van der Waals surface area contributed by atoms with Crippen molar-refractivity contribution in [2.75, 3.05) is 6.54 Å². The van der Waals surface area contributed by atoms with Gasteiger partial charge in [0.2, 0.25) is 0 Å². The van der Waals surface area contributed by atoms with Crippen LogP contribution in [0.25, 0.3) is 0 Å². The quantitative estimate of drug-likeness (QED) is 0.881. The first kappa shape index (κ1) is 13.5. The Hall–Kier alpha value is -1.54. The molecule has 0 aliphatic carbocycles. The smallest absolute Gasteiger partial charge is 0.291 e. The third kappa shape index (κ3) is 4.87. The molecular weight excluding hydrogens is 229 g/mol. The summed E-state index contributed by atoms with van der Waals surface area (Å²) < 4.78 is 36.3. The van der Waals surface area contributed by atoms with Crippen LogP contribution in [0.2, 0.25) is 0 Å². The van der Waals surface area contributed by atoms with Gasteiger partial charge in [0, 0.05) is 6.42 Å². The third-order valence-electron chi connectivity index (χ3n) is 2.33. The topological polar surface area (TPSA) is 35.8 Å². The molecule has 0 radical (unpaired) electrons. The maximum Gasteiger partial charge on any atom is 0.401 e. The molecule has 17 heavy (non-hydrogen) atoms. The Bertz CT molecular complexity index is 394. The molecule has 1 aromatic rings. The highest BCUT2D eigenvalue weighted by Gasteiger charge is 2.32. The van der Waals surface area contributed by atoms with Gasteiger partial charge >= 0.3 is 6.18 Å². The minimum atomic E-state index is -4.31. The number of hydrogen-bond acceptors (Lipinski definition) is 2. The molecule has 92 valence electrons. The number of nitrogens with one attached hydrogen (secondary N) is 1. The molecule has 0 heterocycles. The molecule has 0 bridgehead atoms. The number of alkyl halides is 3. The second kappa shape index (κ2) is 5.19.